The summed E-state index contributed by atoms with van der Waals surface area (Å²) in [5.41, 5.74) is 2.30. The van der Waals surface area contributed by atoms with Gasteiger partial charge in [0.2, 0.25) is 11.8 Å². The Kier molecular flexibility index (Phi) is 4.80. The highest BCUT2D eigenvalue weighted by Crippen LogP contribution is 2.36. The maximum atomic E-state index is 12.5. The molecule has 2 aromatic carbocycles. The average molecular weight is 388 g/mol. The Bertz CT molecular complexity index is 1110. The number of aromatic nitrogens is 2. The number of anilines is 1. The van der Waals surface area contributed by atoms with Gasteiger partial charge in [-0.3, -0.25) is 24.7 Å². The van der Waals surface area contributed by atoms with E-state index in [0.717, 1.165) is 11.1 Å². The zero-order valence-corrected chi connectivity index (χ0v) is 15.9. The van der Waals surface area contributed by atoms with Gasteiger partial charge in [-0.05, 0) is 42.7 Å². The lowest BCUT2D eigenvalue weighted by Gasteiger charge is -2.35. The van der Waals surface area contributed by atoms with Crippen LogP contribution < -0.4 is 10.6 Å². The number of rotatable bonds is 4. The number of carbonyl (C=O) groups is 3. The molecule has 1 unspecified atom stereocenters. The fourth-order valence-corrected chi connectivity index (χ4v) is 3.70. The number of nitrogens with zero attached hydrogens (tertiary/aromatic N) is 2. The number of hydrogen-bond donors (Lipinski definition) is 2. The highest BCUT2D eigenvalue weighted by atomic mass is 16.2. The largest absolute Gasteiger partial charge is 0.321 e. The van der Waals surface area contributed by atoms with Gasteiger partial charge in [-0.15, -0.1) is 0 Å². The van der Waals surface area contributed by atoms with Crippen LogP contribution in [0.1, 0.15) is 42.2 Å². The highest BCUT2D eigenvalue weighted by Gasteiger charge is 2.42. The maximum Gasteiger partial charge on any atom is 0.275 e. The van der Waals surface area contributed by atoms with E-state index in [4.69, 9.17) is 0 Å². The lowest BCUT2D eigenvalue weighted by Crippen LogP contribution is -2.51. The monoisotopic (exact) mass is 388 g/mol. The summed E-state index contributed by atoms with van der Waals surface area (Å²) >= 11 is 0. The quantitative estimate of drug-likeness (QED) is 0.669. The zero-order chi connectivity index (χ0) is 20.4. The first-order chi connectivity index (χ1) is 14.0. The van der Waals surface area contributed by atoms with Crippen molar-refractivity contribution in [3.63, 3.8) is 0 Å². The lowest BCUT2D eigenvalue weighted by atomic mass is 9.72. The van der Waals surface area contributed by atoms with Crippen LogP contribution in [0.5, 0.6) is 0 Å². The number of benzene rings is 2. The SMILES string of the molecule is CCC1(c2ccc(NC(=O)c3cnc4ccccc4n3)cc2)CCC(=O)NC1=O. The van der Waals surface area contributed by atoms with Gasteiger partial charge >= 0.3 is 0 Å². The van der Waals surface area contributed by atoms with Crippen molar-refractivity contribution in [1.29, 1.82) is 0 Å². The molecule has 3 aromatic rings. The molecule has 3 amide bonds. The van der Waals surface area contributed by atoms with E-state index in [9.17, 15) is 14.4 Å². The van der Waals surface area contributed by atoms with E-state index in [-0.39, 0.29) is 23.4 Å². The topological polar surface area (TPSA) is 101 Å². The van der Waals surface area contributed by atoms with Crippen LogP contribution in [-0.4, -0.2) is 27.7 Å². The number of piperidine rings is 1. The number of carbonyl (C=O) groups excluding carboxylic acids is 3. The summed E-state index contributed by atoms with van der Waals surface area (Å²) in [7, 11) is 0. The molecule has 1 aromatic heterocycles. The molecular weight excluding hydrogens is 368 g/mol. The molecular formula is C22H20N4O3. The van der Waals surface area contributed by atoms with Gasteiger partial charge in [0.05, 0.1) is 22.6 Å². The number of nitrogens with one attached hydrogen (secondary N) is 2. The van der Waals surface area contributed by atoms with Gasteiger partial charge in [0, 0.05) is 12.1 Å². The van der Waals surface area contributed by atoms with Crippen molar-refractivity contribution in [3.8, 4) is 0 Å². The normalized spacial score (nSPS) is 19.1. The van der Waals surface area contributed by atoms with Crippen molar-refractivity contribution in [3.05, 3.63) is 66.0 Å². The standard InChI is InChI=1S/C22H20N4O3/c1-2-22(12-11-19(27)26-21(22)29)14-7-9-15(10-8-14)24-20(28)18-13-23-16-5-3-4-6-17(16)25-18/h3-10,13H,2,11-12H2,1H3,(H,24,28)(H,26,27,29). The molecule has 4 rings (SSSR count). The Labute approximate surface area is 167 Å². The van der Waals surface area contributed by atoms with Crippen molar-refractivity contribution >= 4 is 34.4 Å². The molecule has 2 N–H and O–H groups in total. The van der Waals surface area contributed by atoms with E-state index in [1.54, 1.807) is 18.2 Å². The molecule has 7 heteroatoms. The smallest absolute Gasteiger partial charge is 0.275 e. The van der Waals surface area contributed by atoms with Crippen molar-refractivity contribution in [2.24, 2.45) is 0 Å². The van der Waals surface area contributed by atoms with Crippen molar-refractivity contribution in [2.75, 3.05) is 5.32 Å². The lowest BCUT2D eigenvalue weighted by molar-refractivity contribution is -0.138. The fourth-order valence-electron chi connectivity index (χ4n) is 3.70. The molecule has 1 aliphatic rings. The molecule has 146 valence electrons. The van der Waals surface area contributed by atoms with Crippen LogP contribution in [0, 0.1) is 0 Å². The molecule has 0 saturated carbocycles. The summed E-state index contributed by atoms with van der Waals surface area (Å²) in [5, 5.41) is 5.25. The molecule has 1 atom stereocenters. The highest BCUT2D eigenvalue weighted by molar-refractivity contribution is 6.04. The van der Waals surface area contributed by atoms with E-state index in [1.165, 1.54) is 6.20 Å². The van der Waals surface area contributed by atoms with E-state index in [0.29, 0.717) is 30.5 Å². The predicted octanol–water partition coefficient (Wildman–Crippen LogP) is 2.97. The number of imide groups is 1. The van der Waals surface area contributed by atoms with Gasteiger partial charge in [-0.25, -0.2) is 4.98 Å². The summed E-state index contributed by atoms with van der Waals surface area (Å²) in [6.45, 7) is 1.93. The number of hydrogen-bond acceptors (Lipinski definition) is 5. The van der Waals surface area contributed by atoms with E-state index in [2.05, 4.69) is 20.6 Å². The van der Waals surface area contributed by atoms with Crippen LogP contribution in [0.15, 0.2) is 54.7 Å². The second-order valence-electron chi connectivity index (χ2n) is 7.09. The van der Waals surface area contributed by atoms with Gasteiger partial charge in [-0.1, -0.05) is 31.2 Å². The minimum Gasteiger partial charge on any atom is -0.321 e. The predicted molar refractivity (Wildman–Crippen MR) is 108 cm³/mol. The van der Waals surface area contributed by atoms with E-state index < -0.39 is 5.41 Å². The fraction of sp³-hybridized carbons (Fsp3) is 0.227. The summed E-state index contributed by atoms with van der Waals surface area (Å²) in [6.07, 6.45) is 2.83. The first-order valence-corrected chi connectivity index (χ1v) is 9.50. The van der Waals surface area contributed by atoms with Crippen LogP contribution in [0.2, 0.25) is 0 Å². The van der Waals surface area contributed by atoms with E-state index >= 15 is 0 Å². The molecule has 2 heterocycles. The van der Waals surface area contributed by atoms with Crippen molar-refractivity contribution in [2.45, 2.75) is 31.6 Å². The first kappa shape index (κ1) is 18.7. The summed E-state index contributed by atoms with van der Waals surface area (Å²) in [5.74, 6) is -0.860. The molecule has 1 saturated heterocycles. The molecule has 7 nitrogen and oxygen atoms in total. The van der Waals surface area contributed by atoms with Crippen LogP contribution in [-0.2, 0) is 15.0 Å². The molecule has 29 heavy (non-hydrogen) atoms. The first-order valence-electron chi connectivity index (χ1n) is 9.50. The second-order valence-corrected chi connectivity index (χ2v) is 7.09. The van der Waals surface area contributed by atoms with Crippen LogP contribution in [0.4, 0.5) is 5.69 Å². The molecule has 1 aliphatic heterocycles. The molecule has 1 fully saturated rings. The molecule has 0 radical (unpaired) electrons. The Balaban J connectivity index is 1.53. The van der Waals surface area contributed by atoms with Crippen molar-refractivity contribution in [1.82, 2.24) is 15.3 Å². The summed E-state index contributed by atoms with van der Waals surface area (Å²) in [6, 6.07) is 14.5. The molecule has 0 spiro atoms. The molecule has 0 bridgehead atoms. The third-order valence-electron chi connectivity index (χ3n) is 5.45. The Morgan fingerprint density at radius 2 is 1.83 bits per heavy atom. The average Bonchev–Trinajstić information content (AvgIpc) is 2.74. The minimum atomic E-state index is -0.722. The zero-order valence-electron chi connectivity index (χ0n) is 15.9. The number of para-hydroxylation sites is 2. The summed E-state index contributed by atoms with van der Waals surface area (Å²) < 4.78 is 0. The number of fused-ring (bicyclic) bond motifs is 1. The Hall–Kier alpha value is -3.61. The van der Waals surface area contributed by atoms with Crippen LogP contribution in [0.3, 0.4) is 0 Å². The minimum absolute atomic E-state index is 0.225. The third kappa shape index (κ3) is 3.47. The Morgan fingerprint density at radius 1 is 1.10 bits per heavy atom. The number of amides is 3. The maximum absolute atomic E-state index is 12.5. The van der Waals surface area contributed by atoms with Gasteiger partial charge in [0.1, 0.15) is 5.69 Å². The summed E-state index contributed by atoms with van der Waals surface area (Å²) in [4.78, 5) is 45.1. The van der Waals surface area contributed by atoms with Gasteiger partial charge in [0.25, 0.3) is 5.91 Å². The van der Waals surface area contributed by atoms with E-state index in [1.807, 2.05) is 37.3 Å². The van der Waals surface area contributed by atoms with Crippen LogP contribution >= 0.6 is 0 Å². The molecule has 0 aliphatic carbocycles. The van der Waals surface area contributed by atoms with Gasteiger partial charge in [0.15, 0.2) is 0 Å². The second kappa shape index (κ2) is 7.43. The van der Waals surface area contributed by atoms with Crippen molar-refractivity contribution < 1.29 is 14.4 Å². The third-order valence-corrected chi connectivity index (χ3v) is 5.45. The Morgan fingerprint density at radius 3 is 2.52 bits per heavy atom. The van der Waals surface area contributed by atoms with Gasteiger partial charge in [-0.2, -0.15) is 0 Å². The van der Waals surface area contributed by atoms with Gasteiger partial charge < -0.3 is 5.32 Å². The van der Waals surface area contributed by atoms with Crippen LogP contribution in [0.25, 0.3) is 11.0 Å².